The molecule has 0 aliphatic rings. The molecule has 1 N–H and O–H groups in total. The molecular weight excluding hydrogens is 326 g/mol. The second-order valence-corrected chi connectivity index (χ2v) is 5.84. The molecule has 1 amide bonds. The van der Waals surface area contributed by atoms with Crippen molar-refractivity contribution in [3.8, 4) is 11.5 Å². The highest BCUT2D eigenvalue weighted by atomic mass is 16.5. The summed E-state index contributed by atoms with van der Waals surface area (Å²) in [5.41, 5.74) is 2.57. The minimum atomic E-state index is -0.122. The van der Waals surface area contributed by atoms with Gasteiger partial charge in [0.1, 0.15) is 11.5 Å². The van der Waals surface area contributed by atoms with Gasteiger partial charge in [0.15, 0.2) is 0 Å². The smallest absolute Gasteiger partial charge is 0.251 e. The van der Waals surface area contributed by atoms with Crippen molar-refractivity contribution in [2.45, 2.75) is 13.2 Å². The monoisotopic (exact) mass is 347 g/mol. The molecule has 0 aliphatic heterocycles. The molecule has 0 heterocycles. The summed E-state index contributed by atoms with van der Waals surface area (Å²) in [5, 5.41) is 2.94. The molecule has 0 saturated carbocycles. The van der Waals surface area contributed by atoms with Gasteiger partial charge in [-0.15, -0.1) is 0 Å². The molecule has 132 valence electrons. The van der Waals surface area contributed by atoms with E-state index < -0.39 is 0 Å². The van der Waals surface area contributed by atoms with Crippen LogP contribution in [0.15, 0.2) is 78.9 Å². The highest BCUT2D eigenvalue weighted by molar-refractivity contribution is 5.94. The van der Waals surface area contributed by atoms with E-state index in [0.717, 1.165) is 22.6 Å². The Morgan fingerprint density at radius 1 is 0.885 bits per heavy atom. The zero-order chi connectivity index (χ0) is 18.2. The minimum Gasteiger partial charge on any atom is -0.457 e. The summed E-state index contributed by atoms with van der Waals surface area (Å²) < 4.78 is 11.0. The Kier molecular flexibility index (Phi) is 6.01. The zero-order valence-electron chi connectivity index (χ0n) is 14.6. The van der Waals surface area contributed by atoms with E-state index in [1.807, 2.05) is 66.7 Å². The van der Waals surface area contributed by atoms with E-state index in [4.69, 9.17) is 9.47 Å². The maximum Gasteiger partial charge on any atom is 0.251 e. The lowest BCUT2D eigenvalue weighted by atomic mass is 10.1. The molecule has 0 unspecified atom stereocenters. The summed E-state index contributed by atoms with van der Waals surface area (Å²) >= 11 is 0. The van der Waals surface area contributed by atoms with Gasteiger partial charge in [0.05, 0.1) is 6.61 Å². The van der Waals surface area contributed by atoms with Crippen molar-refractivity contribution < 1.29 is 14.3 Å². The van der Waals surface area contributed by atoms with Gasteiger partial charge in [-0.25, -0.2) is 0 Å². The van der Waals surface area contributed by atoms with Crippen molar-refractivity contribution in [1.29, 1.82) is 0 Å². The molecule has 0 spiro atoms. The number of nitrogens with one attached hydrogen (secondary N) is 1. The van der Waals surface area contributed by atoms with Crippen molar-refractivity contribution >= 4 is 5.91 Å². The standard InChI is InChI=1S/C22H21NO3/c1-25-16-17-11-13-18(14-12-17)22(24)23-15-19-7-5-6-10-21(19)26-20-8-3-2-4-9-20/h2-14H,15-16H2,1H3,(H,23,24). The molecule has 0 aliphatic carbocycles. The summed E-state index contributed by atoms with van der Waals surface area (Å²) in [4.78, 5) is 12.4. The molecule has 0 saturated heterocycles. The average molecular weight is 347 g/mol. The Balaban J connectivity index is 1.65. The number of hydrogen-bond donors (Lipinski definition) is 1. The highest BCUT2D eigenvalue weighted by Gasteiger charge is 2.08. The van der Waals surface area contributed by atoms with Crippen LogP contribution in [-0.2, 0) is 17.9 Å². The lowest BCUT2D eigenvalue weighted by molar-refractivity contribution is 0.0950. The second kappa shape index (κ2) is 8.83. The number of amides is 1. The molecule has 0 aromatic heterocycles. The van der Waals surface area contributed by atoms with E-state index in [2.05, 4.69) is 5.32 Å². The van der Waals surface area contributed by atoms with Crippen LogP contribution in [0.5, 0.6) is 11.5 Å². The van der Waals surface area contributed by atoms with Crippen molar-refractivity contribution in [2.75, 3.05) is 7.11 Å². The molecule has 0 radical (unpaired) electrons. The Morgan fingerprint density at radius 3 is 2.31 bits per heavy atom. The van der Waals surface area contributed by atoms with Crippen LogP contribution in [0.25, 0.3) is 0 Å². The lowest BCUT2D eigenvalue weighted by Gasteiger charge is -2.12. The van der Waals surface area contributed by atoms with Gasteiger partial charge in [0.2, 0.25) is 0 Å². The third-order valence-corrected chi connectivity index (χ3v) is 3.91. The predicted molar refractivity (Wildman–Crippen MR) is 101 cm³/mol. The zero-order valence-corrected chi connectivity index (χ0v) is 14.6. The number of benzene rings is 3. The van der Waals surface area contributed by atoms with E-state index >= 15 is 0 Å². The quantitative estimate of drug-likeness (QED) is 0.682. The highest BCUT2D eigenvalue weighted by Crippen LogP contribution is 2.24. The van der Waals surface area contributed by atoms with Crippen molar-refractivity contribution in [1.82, 2.24) is 5.32 Å². The summed E-state index contributed by atoms with van der Waals surface area (Å²) in [7, 11) is 1.65. The van der Waals surface area contributed by atoms with Gasteiger partial charge in [-0.1, -0.05) is 48.5 Å². The van der Waals surface area contributed by atoms with E-state index in [1.54, 1.807) is 19.2 Å². The molecule has 4 nitrogen and oxygen atoms in total. The van der Waals surface area contributed by atoms with E-state index in [9.17, 15) is 4.79 Å². The van der Waals surface area contributed by atoms with Crippen LogP contribution in [0.1, 0.15) is 21.5 Å². The molecule has 0 fully saturated rings. The molecule has 4 heteroatoms. The van der Waals surface area contributed by atoms with Gasteiger partial charge in [-0.2, -0.15) is 0 Å². The topological polar surface area (TPSA) is 47.6 Å². The van der Waals surface area contributed by atoms with E-state index in [0.29, 0.717) is 18.7 Å². The fourth-order valence-electron chi connectivity index (χ4n) is 2.56. The van der Waals surface area contributed by atoms with Crippen LogP contribution >= 0.6 is 0 Å². The molecule has 3 aromatic rings. The van der Waals surface area contributed by atoms with Crippen LogP contribution < -0.4 is 10.1 Å². The predicted octanol–water partition coefficient (Wildman–Crippen LogP) is 4.56. The van der Waals surface area contributed by atoms with Gasteiger partial charge in [0.25, 0.3) is 5.91 Å². The number of methoxy groups -OCH3 is 1. The van der Waals surface area contributed by atoms with Crippen molar-refractivity contribution in [2.24, 2.45) is 0 Å². The van der Waals surface area contributed by atoms with Crippen LogP contribution in [0.3, 0.4) is 0 Å². The van der Waals surface area contributed by atoms with Gasteiger partial charge in [-0.3, -0.25) is 4.79 Å². The van der Waals surface area contributed by atoms with E-state index in [1.165, 1.54) is 0 Å². The second-order valence-electron chi connectivity index (χ2n) is 5.84. The SMILES string of the molecule is COCc1ccc(C(=O)NCc2ccccc2Oc2ccccc2)cc1. The fourth-order valence-corrected chi connectivity index (χ4v) is 2.56. The Labute approximate surface area is 153 Å². The first kappa shape index (κ1) is 17.7. The first-order valence-corrected chi connectivity index (χ1v) is 8.43. The fraction of sp³-hybridized carbons (Fsp3) is 0.136. The summed E-state index contributed by atoms with van der Waals surface area (Å²) in [5.74, 6) is 1.37. The molecule has 3 aromatic carbocycles. The normalized spacial score (nSPS) is 10.3. The summed E-state index contributed by atoms with van der Waals surface area (Å²) in [6, 6.07) is 24.7. The van der Waals surface area contributed by atoms with Crippen LogP contribution in [0.2, 0.25) is 0 Å². The van der Waals surface area contributed by atoms with Crippen molar-refractivity contribution in [3.05, 3.63) is 95.6 Å². The number of hydrogen-bond acceptors (Lipinski definition) is 3. The summed E-state index contributed by atoms with van der Waals surface area (Å²) in [6.07, 6.45) is 0. The maximum absolute atomic E-state index is 12.4. The number of ether oxygens (including phenoxy) is 2. The third kappa shape index (κ3) is 4.71. The van der Waals surface area contributed by atoms with Crippen molar-refractivity contribution in [3.63, 3.8) is 0 Å². The average Bonchev–Trinajstić information content (AvgIpc) is 2.69. The molecule has 0 atom stereocenters. The summed E-state index contributed by atoms with van der Waals surface area (Å²) in [6.45, 7) is 0.924. The van der Waals surface area contributed by atoms with Crippen LogP contribution in [0, 0.1) is 0 Å². The number of rotatable bonds is 7. The molecule has 3 rings (SSSR count). The number of para-hydroxylation sites is 2. The maximum atomic E-state index is 12.4. The van der Waals surface area contributed by atoms with Gasteiger partial charge in [-0.05, 0) is 35.9 Å². The van der Waals surface area contributed by atoms with Crippen LogP contribution in [-0.4, -0.2) is 13.0 Å². The largest absolute Gasteiger partial charge is 0.457 e. The van der Waals surface area contributed by atoms with Crippen LogP contribution in [0.4, 0.5) is 0 Å². The lowest BCUT2D eigenvalue weighted by Crippen LogP contribution is -2.23. The minimum absolute atomic E-state index is 0.122. The van der Waals surface area contributed by atoms with Gasteiger partial charge in [0, 0.05) is 24.8 Å². The number of carbonyl (C=O) groups excluding carboxylic acids is 1. The van der Waals surface area contributed by atoms with Gasteiger partial charge < -0.3 is 14.8 Å². The number of carbonyl (C=O) groups is 1. The molecule has 0 bridgehead atoms. The Hall–Kier alpha value is -3.11. The van der Waals surface area contributed by atoms with E-state index in [-0.39, 0.29) is 5.91 Å². The Bertz CT molecular complexity index is 845. The molecule has 26 heavy (non-hydrogen) atoms. The first-order chi connectivity index (χ1) is 12.8. The first-order valence-electron chi connectivity index (χ1n) is 8.43. The third-order valence-electron chi connectivity index (χ3n) is 3.91. The molecular formula is C22H21NO3. The van der Waals surface area contributed by atoms with Gasteiger partial charge >= 0.3 is 0 Å². The Morgan fingerprint density at radius 2 is 1.58 bits per heavy atom.